The van der Waals surface area contributed by atoms with Crippen LogP contribution in [0.4, 0.5) is 5.69 Å². The lowest BCUT2D eigenvalue weighted by atomic mass is 10.2. The highest BCUT2D eigenvalue weighted by Crippen LogP contribution is 2.20. The van der Waals surface area contributed by atoms with Gasteiger partial charge in [-0.15, -0.1) is 10.2 Å². The van der Waals surface area contributed by atoms with Gasteiger partial charge in [0.25, 0.3) is 10.2 Å². The normalized spacial score (nSPS) is 11.3. The number of nitrogens with one attached hydrogen (secondary N) is 1. The predicted octanol–water partition coefficient (Wildman–Crippen LogP) is 0.352. The van der Waals surface area contributed by atoms with Crippen molar-refractivity contribution in [2.45, 2.75) is 0 Å². The molecule has 1 aromatic carbocycles. The molecule has 0 radical (unpaired) electrons. The van der Waals surface area contributed by atoms with E-state index in [1.807, 2.05) is 0 Å². The number of hydrogen-bond acceptors (Lipinski definition) is 5. The van der Waals surface area contributed by atoms with E-state index in [4.69, 9.17) is 9.56 Å². The molecule has 0 aliphatic carbocycles. The van der Waals surface area contributed by atoms with Crippen LogP contribution in [0.15, 0.2) is 35.1 Å². The molecule has 0 saturated heterocycles. The third kappa shape index (κ3) is 2.55. The molecule has 3 N–H and O–H groups in total. The molecule has 0 amide bonds. The lowest BCUT2D eigenvalue weighted by molar-refractivity contribution is 0.568. The largest absolute Gasteiger partial charge is 0.423 e. The quantitative estimate of drug-likeness (QED) is 0.804. The first-order valence-electron chi connectivity index (χ1n) is 4.22. The Labute approximate surface area is 91.5 Å². The van der Waals surface area contributed by atoms with Crippen molar-refractivity contribution in [3.05, 3.63) is 30.7 Å². The minimum absolute atomic E-state index is 0.304. The van der Waals surface area contributed by atoms with Crippen LogP contribution in [0.3, 0.4) is 0 Å². The second-order valence-corrected chi connectivity index (χ2v) is 4.27. The standard InChI is InChI=1S/C8H8N4O3S/c9-16(13,14)12-7-3-1-2-6(4-7)8-11-10-5-15-8/h1-5,12H,(H2,9,13,14). The molecule has 8 heteroatoms. The van der Waals surface area contributed by atoms with Gasteiger partial charge in [-0.25, -0.2) is 5.14 Å². The predicted molar refractivity (Wildman–Crippen MR) is 56.5 cm³/mol. The Kier molecular flexibility index (Phi) is 2.59. The third-order valence-electron chi connectivity index (χ3n) is 1.73. The second-order valence-electron chi connectivity index (χ2n) is 2.97. The lowest BCUT2D eigenvalue weighted by Crippen LogP contribution is -2.21. The van der Waals surface area contributed by atoms with Crippen LogP contribution >= 0.6 is 0 Å². The summed E-state index contributed by atoms with van der Waals surface area (Å²) in [6.45, 7) is 0. The minimum atomic E-state index is -3.78. The number of anilines is 1. The molecular formula is C8H8N4O3S. The molecule has 16 heavy (non-hydrogen) atoms. The Morgan fingerprint density at radius 3 is 2.81 bits per heavy atom. The van der Waals surface area contributed by atoms with Crippen LogP contribution in [0.2, 0.25) is 0 Å². The van der Waals surface area contributed by atoms with Crippen LogP contribution in [0.25, 0.3) is 11.5 Å². The number of hydrogen-bond donors (Lipinski definition) is 2. The van der Waals surface area contributed by atoms with Gasteiger partial charge in [0.2, 0.25) is 12.3 Å². The van der Waals surface area contributed by atoms with Crippen molar-refractivity contribution in [3.63, 3.8) is 0 Å². The number of rotatable bonds is 3. The van der Waals surface area contributed by atoms with Crippen LogP contribution in [0, 0.1) is 0 Å². The molecule has 1 aromatic heterocycles. The average molecular weight is 240 g/mol. The van der Waals surface area contributed by atoms with Crippen LogP contribution in [0.5, 0.6) is 0 Å². The summed E-state index contributed by atoms with van der Waals surface area (Å²) in [4.78, 5) is 0. The summed E-state index contributed by atoms with van der Waals surface area (Å²) < 4.78 is 28.7. The molecular weight excluding hydrogens is 232 g/mol. The van der Waals surface area contributed by atoms with Gasteiger partial charge in [-0.1, -0.05) is 6.07 Å². The van der Waals surface area contributed by atoms with Gasteiger partial charge in [0, 0.05) is 5.56 Å². The second kappa shape index (κ2) is 3.91. The minimum Gasteiger partial charge on any atom is -0.423 e. The first-order valence-corrected chi connectivity index (χ1v) is 5.76. The molecule has 1 heterocycles. The van der Waals surface area contributed by atoms with Gasteiger partial charge in [-0.05, 0) is 18.2 Å². The average Bonchev–Trinajstić information content (AvgIpc) is 2.68. The Bertz CT molecular complexity index is 579. The molecule has 0 aliphatic rings. The van der Waals surface area contributed by atoms with Crippen molar-refractivity contribution in [1.29, 1.82) is 0 Å². The molecule has 0 unspecified atom stereocenters. The van der Waals surface area contributed by atoms with E-state index >= 15 is 0 Å². The Morgan fingerprint density at radius 1 is 1.38 bits per heavy atom. The maximum absolute atomic E-state index is 10.8. The summed E-state index contributed by atoms with van der Waals surface area (Å²) in [5, 5.41) is 12.1. The summed E-state index contributed by atoms with van der Waals surface area (Å²) in [6.07, 6.45) is 1.19. The number of benzene rings is 1. The molecule has 2 aromatic rings. The van der Waals surface area contributed by atoms with Gasteiger partial charge in [0.1, 0.15) is 0 Å². The zero-order valence-electron chi connectivity index (χ0n) is 7.99. The highest BCUT2D eigenvalue weighted by molar-refractivity contribution is 7.90. The molecule has 0 atom stereocenters. The fraction of sp³-hybridized carbons (Fsp3) is 0. The van der Waals surface area contributed by atoms with Crippen LogP contribution in [-0.4, -0.2) is 18.6 Å². The van der Waals surface area contributed by atoms with Crippen LogP contribution < -0.4 is 9.86 Å². The molecule has 2 rings (SSSR count). The molecule has 0 aliphatic heterocycles. The van der Waals surface area contributed by atoms with E-state index < -0.39 is 10.2 Å². The van der Waals surface area contributed by atoms with Crippen molar-refractivity contribution in [2.75, 3.05) is 4.72 Å². The summed E-state index contributed by atoms with van der Waals surface area (Å²) in [6, 6.07) is 6.46. The van der Waals surface area contributed by atoms with Crippen molar-refractivity contribution >= 4 is 15.9 Å². The molecule has 0 bridgehead atoms. The van der Waals surface area contributed by atoms with Gasteiger partial charge in [0.05, 0.1) is 5.69 Å². The van der Waals surface area contributed by atoms with Crippen LogP contribution in [0.1, 0.15) is 0 Å². The van der Waals surface area contributed by atoms with E-state index in [-0.39, 0.29) is 0 Å². The number of nitrogens with two attached hydrogens (primary N) is 1. The van der Waals surface area contributed by atoms with Gasteiger partial charge >= 0.3 is 0 Å². The van der Waals surface area contributed by atoms with Crippen molar-refractivity contribution in [3.8, 4) is 11.5 Å². The van der Waals surface area contributed by atoms with Gasteiger partial charge in [-0.3, -0.25) is 4.72 Å². The Morgan fingerprint density at radius 2 is 2.19 bits per heavy atom. The molecule has 0 fully saturated rings. The van der Waals surface area contributed by atoms with Crippen LogP contribution in [-0.2, 0) is 10.2 Å². The van der Waals surface area contributed by atoms with Gasteiger partial charge < -0.3 is 4.42 Å². The van der Waals surface area contributed by atoms with E-state index in [2.05, 4.69) is 14.9 Å². The van der Waals surface area contributed by atoms with E-state index in [0.29, 0.717) is 17.1 Å². The first-order chi connectivity index (χ1) is 7.54. The molecule has 0 spiro atoms. The highest BCUT2D eigenvalue weighted by atomic mass is 32.2. The van der Waals surface area contributed by atoms with Gasteiger partial charge in [0.15, 0.2) is 0 Å². The van der Waals surface area contributed by atoms with E-state index in [0.717, 1.165) is 0 Å². The fourth-order valence-corrected chi connectivity index (χ4v) is 1.63. The van der Waals surface area contributed by atoms with Crippen molar-refractivity contribution in [1.82, 2.24) is 10.2 Å². The summed E-state index contributed by atoms with van der Waals surface area (Å²) in [5.74, 6) is 0.304. The number of nitrogens with zero attached hydrogens (tertiary/aromatic N) is 2. The van der Waals surface area contributed by atoms with Gasteiger partial charge in [-0.2, -0.15) is 8.42 Å². The maximum Gasteiger partial charge on any atom is 0.296 e. The van der Waals surface area contributed by atoms with E-state index in [1.54, 1.807) is 18.2 Å². The topological polar surface area (TPSA) is 111 Å². The highest BCUT2D eigenvalue weighted by Gasteiger charge is 2.06. The summed E-state index contributed by atoms with van der Waals surface area (Å²) >= 11 is 0. The molecule has 84 valence electrons. The lowest BCUT2D eigenvalue weighted by Gasteiger charge is -2.03. The molecule has 0 saturated carbocycles. The summed E-state index contributed by atoms with van der Waals surface area (Å²) in [5.41, 5.74) is 0.935. The monoisotopic (exact) mass is 240 g/mol. The maximum atomic E-state index is 10.8. The fourth-order valence-electron chi connectivity index (χ4n) is 1.18. The molecule has 7 nitrogen and oxygen atoms in total. The third-order valence-corrected chi connectivity index (χ3v) is 2.25. The zero-order valence-corrected chi connectivity index (χ0v) is 8.81. The summed E-state index contributed by atoms with van der Waals surface area (Å²) in [7, 11) is -3.78. The van der Waals surface area contributed by atoms with E-state index in [1.165, 1.54) is 12.5 Å². The Hall–Kier alpha value is -1.93. The zero-order chi connectivity index (χ0) is 11.6. The van der Waals surface area contributed by atoms with Crippen molar-refractivity contribution in [2.24, 2.45) is 5.14 Å². The SMILES string of the molecule is NS(=O)(=O)Nc1cccc(-c2nnco2)c1. The first kappa shape index (κ1) is 10.6. The Balaban J connectivity index is 2.34. The smallest absolute Gasteiger partial charge is 0.296 e. The van der Waals surface area contributed by atoms with E-state index in [9.17, 15) is 8.42 Å². The van der Waals surface area contributed by atoms with Crippen molar-refractivity contribution < 1.29 is 12.8 Å². The number of aromatic nitrogens is 2.